The van der Waals surface area contributed by atoms with Crippen molar-refractivity contribution in [3.05, 3.63) is 51.9 Å². The number of nitrogens with one attached hydrogen (secondary N) is 2. The molecule has 184 valence electrons. The average molecular weight is 477 g/mol. The number of anilines is 2. The molecule has 1 saturated carbocycles. The zero-order chi connectivity index (χ0) is 24.9. The topological polar surface area (TPSA) is 116 Å². The molecule has 0 radical (unpaired) electrons. The molecule has 3 aromatic rings. The molecule has 2 fully saturated rings. The minimum absolute atomic E-state index is 0.0415. The molecule has 1 amide bonds. The summed E-state index contributed by atoms with van der Waals surface area (Å²) in [4.78, 5) is 30.4. The molecule has 9 heteroatoms. The SMILES string of the molecule is CC#N.CCC1COCCN1C(=O)c1ccc(Nc2nn(CC3CC3)c3cc[nH]c(=O)c23)cc1C. The number of H-pyrrole nitrogens is 1. The Morgan fingerprint density at radius 3 is 2.80 bits per heavy atom. The molecule has 9 nitrogen and oxygen atoms in total. The van der Waals surface area contributed by atoms with Gasteiger partial charge in [0.15, 0.2) is 5.82 Å². The Labute approximate surface area is 204 Å². The smallest absolute Gasteiger partial charge is 0.261 e. The Bertz CT molecular complexity index is 1300. The molecule has 2 aromatic heterocycles. The lowest BCUT2D eigenvalue weighted by Crippen LogP contribution is -2.48. The summed E-state index contributed by atoms with van der Waals surface area (Å²) >= 11 is 0. The molecule has 0 bridgehead atoms. The largest absolute Gasteiger partial charge is 0.377 e. The molecule has 5 rings (SSSR count). The van der Waals surface area contributed by atoms with Crippen molar-refractivity contribution < 1.29 is 9.53 Å². The number of pyridine rings is 1. The van der Waals surface area contributed by atoms with Crippen LogP contribution in [0.25, 0.3) is 10.9 Å². The lowest BCUT2D eigenvalue weighted by Gasteiger charge is -2.35. The second-order valence-electron chi connectivity index (χ2n) is 9.05. The number of nitrogens with zero attached hydrogens (tertiary/aromatic N) is 4. The fraction of sp³-hybridized carbons (Fsp3) is 0.462. The zero-order valence-corrected chi connectivity index (χ0v) is 20.5. The third-order valence-corrected chi connectivity index (χ3v) is 6.48. The van der Waals surface area contributed by atoms with Crippen molar-refractivity contribution in [3.8, 4) is 6.07 Å². The summed E-state index contributed by atoms with van der Waals surface area (Å²) in [5.74, 6) is 1.23. The number of aromatic nitrogens is 3. The first-order valence-electron chi connectivity index (χ1n) is 12.1. The molecule has 1 atom stereocenters. The standard InChI is InChI=1S/C24H29N5O3.C2H3N/c1-3-18-14-32-11-10-28(18)24(31)19-7-6-17(12-15(19)2)26-22-21-20(8-9-25-23(21)30)29(27-22)13-16-4-5-16;1-2-3/h6-9,12,16,18H,3-5,10-11,13-14H2,1-2H3,(H,25,30)(H,26,27);1H3. The highest BCUT2D eigenvalue weighted by atomic mass is 16.5. The molecule has 1 aliphatic heterocycles. The van der Waals surface area contributed by atoms with Gasteiger partial charge in [0, 0.05) is 37.5 Å². The highest BCUT2D eigenvalue weighted by Crippen LogP contribution is 2.33. The second kappa shape index (κ2) is 10.7. The van der Waals surface area contributed by atoms with Crippen LogP contribution in [-0.2, 0) is 11.3 Å². The van der Waals surface area contributed by atoms with Gasteiger partial charge in [0.25, 0.3) is 11.5 Å². The van der Waals surface area contributed by atoms with Gasteiger partial charge in [-0.3, -0.25) is 14.3 Å². The van der Waals surface area contributed by atoms with Crippen LogP contribution in [0.5, 0.6) is 0 Å². The van der Waals surface area contributed by atoms with E-state index in [0.717, 1.165) is 29.7 Å². The molecule has 1 unspecified atom stereocenters. The van der Waals surface area contributed by atoms with E-state index in [-0.39, 0.29) is 17.5 Å². The minimum Gasteiger partial charge on any atom is -0.377 e. The number of morpholine rings is 1. The number of amides is 1. The number of carbonyl (C=O) groups is 1. The van der Waals surface area contributed by atoms with E-state index in [1.54, 1.807) is 12.3 Å². The summed E-state index contributed by atoms with van der Waals surface area (Å²) < 4.78 is 7.47. The van der Waals surface area contributed by atoms with Crippen molar-refractivity contribution in [2.24, 2.45) is 5.92 Å². The number of benzene rings is 1. The number of nitriles is 1. The number of ether oxygens (including phenoxy) is 1. The predicted octanol–water partition coefficient (Wildman–Crippen LogP) is 3.97. The summed E-state index contributed by atoms with van der Waals surface area (Å²) in [6.45, 7) is 8.05. The van der Waals surface area contributed by atoms with Gasteiger partial charge >= 0.3 is 0 Å². The fourth-order valence-corrected chi connectivity index (χ4v) is 4.44. The number of aromatic amines is 1. The Kier molecular flexibility index (Phi) is 7.51. The molecular formula is C26H32N6O3. The van der Waals surface area contributed by atoms with Crippen LogP contribution in [0.15, 0.2) is 35.3 Å². The molecule has 2 N–H and O–H groups in total. The maximum atomic E-state index is 13.2. The third kappa shape index (κ3) is 5.38. The summed E-state index contributed by atoms with van der Waals surface area (Å²) in [5, 5.41) is 15.9. The van der Waals surface area contributed by atoms with Gasteiger partial charge in [0.05, 0.1) is 30.8 Å². The van der Waals surface area contributed by atoms with Gasteiger partial charge in [-0.15, -0.1) is 0 Å². The van der Waals surface area contributed by atoms with Gasteiger partial charge in [0.2, 0.25) is 0 Å². The molecule has 0 spiro atoms. The van der Waals surface area contributed by atoms with E-state index in [1.807, 2.05) is 40.8 Å². The monoisotopic (exact) mass is 476 g/mol. The molecule has 1 aromatic carbocycles. The van der Waals surface area contributed by atoms with E-state index in [9.17, 15) is 9.59 Å². The van der Waals surface area contributed by atoms with Gasteiger partial charge in [-0.25, -0.2) is 0 Å². The van der Waals surface area contributed by atoms with Crippen molar-refractivity contribution in [1.29, 1.82) is 5.26 Å². The Balaban J connectivity index is 0.000000917. The van der Waals surface area contributed by atoms with E-state index in [0.29, 0.717) is 42.4 Å². The molecule has 2 aliphatic rings. The van der Waals surface area contributed by atoms with Crippen LogP contribution in [-0.4, -0.2) is 51.4 Å². The summed E-state index contributed by atoms with van der Waals surface area (Å²) in [7, 11) is 0. The zero-order valence-electron chi connectivity index (χ0n) is 20.5. The normalized spacial score (nSPS) is 17.4. The quantitative estimate of drug-likeness (QED) is 0.556. The molecule has 1 saturated heterocycles. The van der Waals surface area contributed by atoms with E-state index in [4.69, 9.17) is 15.1 Å². The molecule has 1 aliphatic carbocycles. The van der Waals surface area contributed by atoms with Crippen LogP contribution in [0.1, 0.15) is 49.0 Å². The maximum absolute atomic E-state index is 13.2. The molecule has 3 heterocycles. The lowest BCUT2D eigenvalue weighted by atomic mass is 10.0. The highest BCUT2D eigenvalue weighted by Gasteiger charge is 2.28. The summed E-state index contributed by atoms with van der Waals surface area (Å²) in [6, 6.07) is 9.44. The summed E-state index contributed by atoms with van der Waals surface area (Å²) in [6.07, 6.45) is 4.96. The Morgan fingerprint density at radius 2 is 2.11 bits per heavy atom. The van der Waals surface area contributed by atoms with Crippen LogP contribution in [0.3, 0.4) is 0 Å². The van der Waals surface area contributed by atoms with Crippen LogP contribution in [0.4, 0.5) is 11.5 Å². The van der Waals surface area contributed by atoms with Crippen LogP contribution >= 0.6 is 0 Å². The molecule has 35 heavy (non-hydrogen) atoms. The highest BCUT2D eigenvalue weighted by molar-refractivity contribution is 5.97. The van der Waals surface area contributed by atoms with Crippen molar-refractivity contribution in [3.63, 3.8) is 0 Å². The fourth-order valence-electron chi connectivity index (χ4n) is 4.44. The van der Waals surface area contributed by atoms with E-state index < -0.39 is 0 Å². The molecular weight excluding hydrogens is 444 g/mol. The average Bonchev–Trinajstić information content (AvgIpc) is 3.60. The first kappa shape index (κ1) is 24.5. The van der Waals surface area contributed by atoms with E-state index >= 15 is 0 Å². The second-order valence-corrected chi connectivity index (χ2v) is 9.05. The van der Waals surface area contributed by atoms with E-state index in [2.05, 4.69) is 17.2 Å². The van der Waals surface area contributed by atoms with Crippen LogP contribution < -0.4 is 10.9 Å². The number of rotatable bonds is 6. The van der Waals surface area contributed by atoms with Gasteiger partial charge in [-0.1, -0.05) is 6.92 Å². The van der Waals surface area contributed by atoms with Crippen molar-refractivity contribution >= 4 is 28.3 Å². The number of hydrogen-bond acceptors (Lipinski definition) is 6. The maximum Gasteiger partial charge on any atom is 0.261 e. The summed E-state index contributed by atoms with van der Waals surface area (Å²) in [5.41, 5.74) is 3.06. The van der Waals surface area contributed by atoms with Gasteiger partial charge in [-0.2, -0.15) is 10.4 Å². The van der Waals surface area contributed by atoms with Crippen molar-refractivity contribution in [2.45, 2.75) is 52.6 Å². The first-order valence-corrected chi connectivity index (χ1v) is 12.1. The number of fused-ring (bicyclic) bond motifs is 1. The Hall–Kier alpha value is -3.64. The van der Waals surface area contributed by atoms with Crippen LogP contribution in [0, 0.1) is 24.2 Å². The number of hydrogen-bond donors (Lipinski definition) is 2. The van der Waals surface area contributed by atoms with Gasteiger partial charge < -0.3 is 19.9 Å². The van der Waals surface area contributed by atoms with Gasteiger partial charge in [-0.05, 0) is 61.9 Å². The Morgan fingerprint density at radius 1 is 1.34 bits per heavy atom. The lowest BCUT2D eigenvalue weighted by molar-refractivity contribution is -0.00283. The van der Waals surface area contributed by atoms with Crippen molar-refractivity contribution in [2.75, 3.05) is 25.1 Å². The van der Waals surface area contributed by atoms with Gasteiger partial charge in [0.1, 0.15) is 5.39 Å². The number of aryl methyl sites for hydroxylation is 1. The first-order chi connectivity index (χ1) is 17.0. The minimum atomic E-state index is -0.159. The third-order valence-electron chi connectivity index (χ3n) is 6.48. The van der Waals surface area contributed by atoms with Crippen molar-refractivity contribution in [1.82, 2.24) is 19.7 Å². The predicted molar refractivity (Wildman–Crippen MR) is 135 cm³/mol. The van der Waals surface area contributed by atoms with Crippen LogP contribution in [0.2, 0.25) is 0 Å². The number of carbonyl (C=O) groups excluding carboxylic acids is 1. The van der Waals surface area contributed by atoms with E-state index in [1.165, 1.54) is 19.8 Å².